The Kier molecular flexibility index (Phi) is 2.99. The summed E-state index contributed by atoms with van der Waals surface area (Å²) in [5.74, 6) is 0.815. The van der Waals surface area contributed by atoms with Gasteiger partial charge in [-0.05, 0) is 18.9 Å². The number of ether oxygens (including phenoxy) is 1. The number of hydrogen-bond donors (Lipinski definition) is 2. The molecule has 1 aliphatic rings. The van der Waals surface area contributed by atoms with Crippen molar-refractivity contribution < 1.29 is 4.74 Å². The highest BCUT2D eigenvalue weighted by molar-refractivity contribution is 5.59. The molecule has 0 saturated heterocycles. The first-order valence-corrected chi connectivity index (χ1v) is 5.49. The molecular formula is C12H18N2O. The third-order valence-corrected chi connectivity index (χ3v) is 2.89. The molecule has 3 N–H and O–H groups in total. The molecule has 0 amide bonds. The highest BCUT2D eigenvalue weighted by Crippen LogP contribution is 2.26. The van der Waals surface area contributed by atoms with Crippen molar-refractivity contribution in [1.29, 1.82) is 0 Å². The van der Waals surface area contributed by atoms with Crippen molar-refractivity contribution in [2.75, 3.05) is 18.2 Å². The molecule has 1 fully saturated rings. The fourth-order valence-corrected chi connectivity index (χ4v) is 2.13. The maximum atomic E-state index is 5.79. The van der Waals surface area contributed by atoms with Crippen LogP contribution in [0.15, 0.2) is 18.2 Å². The van der Waals surface area contributed by atoms with Gasteiger partial charge in [0.2, 0.25) is 0 Å². The average molecular weight is 206 g/mol. The van der Waals surface area contributed by atoms with E-state index in [1.165, 1.54) is 25.7 Å². The van der Waals surface area contributed by atoms with Gasteiger partial charge < -0.3 is 15.8 Å². The molecule has 0 aliphatic heterocycles. The van der Waals surface area contributed by atoms with Gasteiger partial charge in [-0.15, -0.1) is 0 Å². The molecule has 0 aromatic heterocycles. The van der Waals surface area contributed by atoms with Crippen LogP contribution >= 0.6 is 0 Å². The van der Waals surface area contributed by atoms with Gasteiger partial charge in [0.05, 0.1) is 7.11 Å². The minimum atomic E-state index is 0.608. The highest BCUT2D eigenvalue weighted by atomic mass is 16.5. The van der Waals surface area contributed by atoms with E-state index < -0.39 is 0 Å². The van der Waals surface area contributed by atoms with Crippen LogP contribution in [0.25, 0.3) is 0 Å². The third kappa shape index (κ3) is 2.55. The van der Waals surface area contributed by atoms with Gasteiger partial charge in [-0.3, -0.25) is 0 Å². The van der Waals surface area contributed by atoms with E-state index in [9.17, 15) is 0 Å². The first kappa shape index (κ1) is 10.1. The molecular weight excluding hydrogens is 188 g/mol. The van der Waals surface area contributed by atoms with Crippen LogP contribution in [0.5, 0.6) is 5.75 Å². The molecule has 0 atom stereocenters. The Morgan fingerprint density at radius 2 is 2.00 bits per heavy atom. The van der Waals surface area contributed by atoms with Crippen LogP contribution in [0.4, 0.5) is 11.4 Å². The van der Waals surface area contributed by atoms with Crippen LogP contribution in [0.2, 0.25) is 0 Å². The van der Waals surface area contributed by atoms with Crippen LogP contribution < -0.4 is 15.8 Å². The standard InChI is InChI=1S/C12H18N2O/c1-15-12-7-9(13)6-11(8-12)14-10-4-2-3-5-10/h6-8,10,14H,2-5,13H2,1H3. The molecule has 82 valence electrons. The predicted molar refractivity (Wildman–Crippen MR) is 63.3 cm³/mol. The Bertz CT molecular complexity index is 332. The molecule has 1 aromatic carbocycles. The van der Waals surface area contributed by atoms with Crippen molar-refractivity contribution in [3.8, 4) is 5.75 Å². The van der Waals surface area contributed by atoms with E-state index in [1.54, 1.807) is 7.11 Å². The maximum Gasteiger partial charge on any atom is 0.122 e. The molecule has 3 heteroatoms. The summed E-state index contributed by atoms with van der Waals surface area (Å²) in [4.78, 5) is 0. The van der Waals surface area contributed by atoms with Crippen molar-refractivity contribution in [2.45, 2.75) is 31.7 Å². The van der Waals surface area contributed by atoms with E-state index in [0.717, 1.165) is 17.1 Å². The van der Waals surface area contributed by atoms with Crippen LogP contribution in [-0.2, 0) is 0 Å². The van der Waals surface area contributed by atoms with E-state index in [-0.39, 0.29) is 0 Å². The quantitative estimate of drug-likeness (QED) is 0.747. The van der Waals surface area contributed by atoms with Crippen LogP contribution in [0, 0.1) is 0 Å². The zero-order valence-electron chi connectivity index (χ0n) is 9.12. The number of rotatable bonds is 3. The fourth-order valence-electron chi connectivity index (χ4n) is 2.13. The molecule has 1 saturated carbocycles. The Labute approximate surface area is 90.6 Å². The van der Waals surface area contributed by atoms with E-state index in [2.05, 4.69) is 5.32 Å². The third-order valence-electron chi connectivity index (χ3n) is 2.89. The first-order valence-electron chi connectivity index (χ1n) is 5.49. The van der Waals surface area contributed by atoms with Gasteiger partial charge in [0, 0.05) is 29.5 Å². The number of nitrogens with two attached hydrogens (primary N) is 1. The SMILES string of the molecule is COc1cc(N)cc(NC2CCCC2)c1. The van der Waals surface area contributed by atoms with Gasteiger partial charge in [-0.2, -0.15) is 0 Å². The smallest absolute Gasteiger partial charge is 0.122 e. The van der Waals surface area contributed by atoms with E-state index in [0.29, 0.717) is 6.04 Å². The normalized spacial score (nSPS) is 16.6. The Balaban J connectivity index is 2.09. The van der Waals surface area contributed by atoms with Crippen molar-refractivity contribution >= 4 is 11.4 Å². The summed E-state index contributed by atoms with van der Waals surface area (Å²) in [6.45, 7) is 0. The number of nitrogen functional groups attached to an aromatic ring is 1. The van der Waals surface area contributed by atoms with Gasteiger partial charge in [-0.1, -0.05) is 12.8 Å². The minimum Gasteiger partial charge on any atom is -0.497 e. The molecule has 0 heterocycles. The molecule has 0 bridgehead atoms. The summed E-state index contributed by atoms with van der Waals surface area (Å²) in [7, 11) is 1.66. The lowest BCUT2D eigenvalue weighted by molar-refractivity contribution is 0.415. The lowest BCUT2D eigenvalue weighted by atomic mass is 10.2. The van der Waals surface area contributed by atoms with Crippen molar-refractivity contribution in [2.24, 2.45) is 0 Å². The molecule has 0 radical (unpaired) electrons. The average Bonchev–Trinajstić information content (AvgIpc) is 2.69. The van der Waals surface area contributed by atoms with E-state index >= 15 is 0 Å². The lowest BCUT2D eigenvalue weighted by Gasteiger charge is -2.14. The summed E-state index contributed by atoms with van der Waals surface area (Å²) in [5, 5.41) is 3.50. The minimum absolute atomic E-state index is 0.608. The Morgan fingerprint density at radius 1 is 1.27 bits per heavy atom. The summed E-state index contributed by atoms with van der Waals surface area (Å²) >= 11 is 0. The molecule has 0 unspecified atom stereocenters. The molecule has 2 rings (SSSR count). The maximum absolute atomic E-state index is 5.79. The number of nitrogens with one attached hydrogen (secondary N) is 1. The second-order valence-corrected chi connectivity index (χ2v) is 4.12. The van der Waals surface area contributed by atoms with Crippen molar-refractivity contribution in [3.63, 3.8) is 0 Å². The molecule has 0 spiro atoms. The number of benzene rings is 1. The Hall–Kier alpha value is -1.38. The summed E-state index contributed by atoms with van der Waals surface area (Å²) in [6.07, 6.45) is 5.18. The molecule has 3 nitrogen and oxygen atoms in total. The summed E-state index contributed by atoms with van der Waals surface area (Å²) in [6, 6.07) is 6.39. The zero-order valence-corrected chi connectivity index (χ0v) is 9.12. The van der Waals surface area contributed by atoms with Crippen molar-refractivity contribution in [3.05, 3.63) is 18.2 Å². The van der Waals surface area contributed by atoms with Gasteiger partial charge in [0.15, 0.2) is 0 Å². The highest BCUT2D eigenvalue weighted by Gasteiger charge is 2.14. The number of hydrogen-bond acceptors (Lipinski definition) is 3. The van der Waals surface area contributed by atoms with Crippen LogP contribution in [-0.4, -0.2) is 13.2 Å². The van der Waals surface area contributed by atoms with Crippen LogP contribution in [0.1, 0.15) is 25.7 Å². The van der Waals surface area contributed by atoms with Gasteiger partial charge in [0.1, 0.15) is 5.75 Å². The van der Waals surface area contributed by atoms with Gasteiger partial charge in [-0.25, -0.2) is 0 Å². The number of anilines is 2. The predicted octanol–water partition coefficient (Wildman–Crippen LogP) is 2.63. The van der Waals surface area contributed by atoms with Crippen LogP contribution in [0.3, 0.4) is 0 Å². The van der Waals surface area contributed by atoms with Gasteiger partial charge >= 0.3 is 0 Å². The fraction of sp³-hybridized carbons (Fsp3) is 0.500. The van der Waals surface area contributed by atoms with Crippen molar-refractivity contribution in [1.82, 2.24) is 0 Å². The number of methoxy groups -OCH3 is 1. The second kappa shape index (κ2) is 4.43. The largest absolute Gasteiger partial charge is 0.497 e. The van der Waals surface area contributed by atoms with E-state index in [4.69, 9.17) is 10.5 Å². The summed E-state index contributed by atoms with van der Waals surface area (Å²) in [5.41, 5.74) is 7.60. The topological polar surface area (TPSA) is 47.3 Å². The first-order chi connectivity index (χ1) is 7.28. The molecule has 15 heavy (non-hydrogen) atoms. The molecule has 1 aromatic rings. The zero-order chi connectivity index (χ0) is 10.7. The molecule has 1 aliphatic carbocycles. The second-order valence-electron chi connectivity index (χ2n) is 4.12. The van der Waals surface area contributed by atoms with E-state index in [1.807, 2.05) is 18.2 Å². The monoisotopic (exact) mass is 206 g/mol. The Morgan fingerprint density at radius 3 is 2.67 bits per heavy atom. The summed E-state index contributed by atoms with van der Waals surface area (Å²) < 4.78 is 5.18. The lowest BCUT2D eigenvalue weighted by Crippen LogP contribution is -2.14. The van der Waals surface area contributed by atoms with Gasteiger partial charge in [0.25, 0.3) is 0 Å².